The van der Waals surface area contributed by atoms with Gasteiger partial charge in [-0.15, -0.1) is 0 Å². The van der Waals surface area contributed by atoms with Gasteiger partial charge in [-0.25, -0.2) is 4.90 Å². The molecule has 0 radical (unpaired) electrons. The minimum absolute atomic E-state index is 0.140. The van der Waals surface area contributed by atoms with Gasteiger partial charge in [0, 0.05) is 5.56 Å². The Labute approximate surface area is 113 Å². The maximum absolute atomic E-state index is 11.6. The predicted molar refractivity (Wildman–Crippen MR) is 70.7 cm³/mol. The monoisotopic (exact) mass is 284 g/mol. The van der Waals surface area contributed by atoms with Crippen LogP contribution >= 0.6 is 23.8 Å². The van der Waals surface area contributed by atoms with E-state index < -0.39 is 11.8 Å². The molecule has 18 heavy (non-hydrogen) atoms. The third kappa shape index (κ3) is 2.35. The lowest BCUT2D eigenvalue weighted by molar-refractivity contribution is -0.138. The third-order valence-corrected chi connectivity index (χ3v) is 2.96. The van der Waals surface area contributed by atoms with Crippen molar-refractivity contribution in [2.75, 3.05) is 18.1 Å². The Bertz CT molecular complexity index is 531. The molecule has 2 rings (SSSR count). The number of hydrogen-bond acceptors (Lipinski definition) is 4. The highest BCUT2D eigenvalue weighted by Gasteiger charge is 2.29. The van der Waals surface area contributed by atoms with Crippen LogP contribution in [-0.4, -0.2) is 30.0 Å². The molecule has 2 amide bonds. The Kier molecular flexibility index (Phi) is 3.60. The lowest BCUT2D eigenvalue weighted by Crippen LogP contribution is -2.46. The number of carbonyl (C=O) groups is 2. The number of morpholine rings is 1. The summed E-state index contributed by atoms with van der Waals surface area (Å²) in [6.07, 6.45) is 0. The van der Waals surface area contributed by atoms with Gasteiger partial charge in [-0.1, -0.05) is 23.8 Å². The lowest BCUT2D eigenvalue weighted by atomic mass is 10.2. The standard InChI is InChI=1S/C11H9ClN2O3S/c12-7-3-6(11(13)18)1-2-8(7)14-9(15)4-17-5-10(14)16/h1-3H,4-5H2,(H2,13,18). The molecule has 1 saturated heterocycles. The van der Waals surface area contributed by atoms with Gasteiger partial charge in [0.15, 0.2) is 0 Å². The van der Waals surface area contributed by atoms with E-state index in [1.54, 1.807) is 6.07 Å². The van der Waals surface area contributed by atoms with Crippen molar-refractivity contribution < 1.29 is 14.3 Å². The van der Waals surface area contributed by atoms with Crippen molar-refractivity contribution in [1.29, 1.82) is 0 Å². The van der Waals surface area contributed by atoms with Gasteiger partial charge in [0.05, 0.1) is 10.7 Å². The van der Waals surface area contributed by atoms with Crippen LogP contribution in [0.4, 0.5) is 5.69 Å². The molecule has 0 saturated carbocycles. The second-order valence-electron chi connectivity index (χ2n) is 3.65. The van der Waals surface area contributed by atoms with Crippen molar-refractivity contribution in [2.24, 2.45) is 5.73 Å². The molecule has 1 aliphatic rings. The number of benzene rings is 1. The van der Waals surface area contributed by atoms with E-state index >= 15 is 0 Å². The van der Waals surface area contributed by atoms with Crippen molar-refractivity contribution in [3.63, 3.8) is 0 Å². The second kappa shape index (κ2) is 5.01. The number of halogens is 1. The first-order valence-corrected chi connectivity index (χ1v) is 5.82. The largest absolute Gasteiger partial charge is 0.389 e. The highest BCUT2D eigenvalue weighted by molar-refractivity contribution is 7.80. The van der Waals surface area contributed by atoms with Crippen LogP contribution in [0, 0.1) is 0 Å². The van der Waals surface area contributed by atoms with Gasteiger partial charge < -0.3 is 10.5 Å². The lowest BCUT2D eigenvalue weighted by Gasteiger charge is -2.25. The summed E-state index contributed by atoms with van der Waals surface area (Å²) in [6.45, 7) is -0.280. The summed E-state index contributed by atoms with van der Waals surface area (Å²) in [5, 5.41) is 0.240. The van der Waals surface area contributed by atoms with E-state index in [1.165, 1.54) is 12.1 Å². The molecule has 1 fully saturated rings. The number of imide groups is 1. The number of thiocarbonyl (C=S) groups is 1. The van der Waals surface area contributed by atoms with Gasteiger partial charge >= 0.3 is 0 Å². The van der Waals surface area contributed by atoms with E-state index in [2.05, 4.69) is 0 Å². The number of nitrogens with zero attached hydrogens (tertiary/aromatic N) is 1. The minimum atomic E-state index is -0.448. The number of carbonyl (C=O) groups excluding carboxylic acids is 2. The Morgan fingerprint density at radius 2 is 1.94 bits per heavy atom. The fraction of sp³-hybridized carbons (Fsp3) is 0.182. The molecule has 94 valence electrons. The quantitative estimate of drug-likeness (QED) is 0.644. The molecule has 1 heterocycles. The summed E-state index contributed by atoms with van der Waals surface area (Å²) in [5.41, 5.74) is 6.36. The normalized spacial score (nSPS) is 15.9. The average molecular weight is 285 g/mol. The van der Waals surface area contributed by atoms with Gasteiger partial charge in [-0.05, 0) is 18.2 Å². The first-order chi connectivity index (χ1) is 8.50. The van der Waals surface area contributed by atoms with E-state index in [9.17, 15) is 9.59 Å². The Balaban J connectivity index is 2.41. The summed E-state index contributed by atoms with van der Waals surface area (Å²) in [5.74, 6) is -0.896. The van der Waals surface area contributed by atoms with Crippen molar-refractivity contribution in [3.8, 4) is 0 Å². The zero-order valence-electron chi connectivity index (χ0n) is 9.18. The number of hydrogen-bond donors (Lipinski definition) is 1. The number of ether oxygens (including phenoxy) is 1. The van der Waals surface area contributed by atoms with Gasteiger partial charge in [0.1, 0.15) is 18.2 Å². The highest BCUT2D eigenvalue weighted by atomic mass is 35.5. The van der Waals surface area contributed by atoms with E-state index in [-0.39, 0.29) is 23.2 Å². The molecular formula is C11H9ClN2O3S. The molecule has 1 aromatic rings. The van der Waals surface area contributed by atoms with Crippen LogP contribution in [0.1, 0.15) is 5.56 Å². The van der Waals surface area contributed by atoms with E-state index in [0.29, 0.717) is 11.3 Å². The van der Waals surface area contributed by atoms with E-state index in [4.69, 9.17) is 34.3 Å². The van der Waals surface area contributed by atoms with Crippen LogP contribution in [0.15, 0.2) is 18.2 Å². The van der Waals surface area contributed by atoms with Crippen LogP contribution < -0.4 is 10.6 Å². The predicted octanol–water partition coefficient (Wildman–Crippen LogP) is 0.864. The van der Waals surface area contributed by atoms with Crippen molar-refractivity contribution >= 4 is 46.3 Å². The third-order valence-electron chi connectivity index (χ3n) is 2.42. The molecule has 0 aromatic heterocycles. The highest BCUT2D eigenvalue weighted by Crippen LogP contribution is 2.28. The zero-order chi connectivity index (χ0) is 13.3. The molecule has 1 aliphatic heterocycles. The smallest absolute Gasteiger partial charge is 0.259 e. The molecule has 0 spiro atoms. The zero-order valence-corrected chi connectivity index (χ0v) is 10.8. The average Bonchev–Trinajstić information content (AvgIpc) is 2.30. The first-order valence-electron chi connectivity index (χ1n) is 5.03. The molecule has 0 bridgehead atoms. The Morgan fingerprint density at radius 3 is 2.44 bits per heavy atom. The van der Waals surface area contributed by atoms with Gasteiger partial charge in [0.25, 0.3) is 11.8 Å². The first kappa shape index (κ1) is 12.9. The van der Waals surface area contributed by atoms with Gasteiger partial charge in [-0.2, -0.15) is 0 Å². The van der Waals surface area contributed by atoms with Crippen LogP contribution in [0.3, 0.4) is 0 Å². The van der Waals surface area contributed by atoms with Crippen LogP contribution in [0.5, 0.6) is 0 Å². The molecule has 2 N–H and O–H groups in total. The summed E-state index contributed by atoms with van der Waals surface area (Å²) in [4.78, 5) is 24.5. The van der Waals surface area contributed by atoms with E-state index in [1.807, 2.05) is 0 Å². The van der Waals surface area contributed by atoms with Crippen LogP contribution in [-0.2, 0) is 14.3 Å². The summed E-state index contributed by atoms with van der Waals surface area (Å²) >= 11 is 10.9. The summed E-state index contributed by atoms with van der Waals surface area (Å²) in [6, 6.07) is 4.67. The number of rotatable bonds is 2. The molecule has 5 nitrogen and oxygen atoms in total. The molecular weight excluding hydrogens is 276 g/mol. The minimum Gasteiger partial charge on any atom is -0.389 e. The topological polar surface area (TPSA) is 72.6 Å². The van der Waals surface area contributed by atoms with E-state index in [0.717, 1.165) is 4.90 Å². The van der Waals surface area contributed by atoms with Crippen molar-refractivity contribution in [3.05, 3.63) is 28.8 Å². The molecule has 0 atom stereocenters. The van der Waals surface area contributed by atoms with Crippen LogP contribution in [0.2, 0.25) is 5.02 Å². The fourth-order valence-electron chi connectivity index (χ4n) is 1.60. The van der Waals surface area contributed by atoms with Crippen LogP contribution in [0.25, 0.3) is 0 Å². The fourth-order valence-corrected chi connectivity index (χ4v) is 2.00. The number of nitrogens with two attached hydrogens (primary N) is 1. The van der Waals surface area contributed by atoms with Crippen molar-refractivity contribution in [1.82, 2.24) is 0 Å². The SMILES string of the molecule is NC(=S)c1ccc(N2C(=O)COCC2=O)c(Cl)c1. The second-order valence-corrected chi connectivity index (χ2v) is 4.49. The number of anilines is 1. The summed E-state index contributed by atoms with van der Waals surface area (Å²) < 4.78 is 4.82. The molecule has 0 aliphatic carbocycles. The maximum atomic E-state index is 11.6. The molecule has 0 unspecified atom stereocenters. The van der Waals surface area contributed by atoms with Gasteiger partial charge in [-0.3, -0.25) is 9.59 Å². The Morgan fingerprint density at radius 1 is 1.33 bits per heavy atom. The number of amides is 2. The summed E-state index contributed by atoms with van der Waals surface area (Å²) in [7, 11) is 0. The molecule has 1 aromatic carbocycles. The van der Waals surface area contributed by atoms with Gasteiger partial charge in [0.2, 0.25) is 0 Å². The molecule has 7 heteroatoms. The maximum Gasteiger partial charge on any atom is 0.259 e. The van der Waals surface area contributed by atoms with Crippen molar-refractivity contribution in [2.45, 2.75) is 0 Å². The Hall–Kier alpha value is -1.50.